The molecule has 15 heavy (non-hydrogen) atoms. The molecule has 2 fully saturated rings. The van der Waals surface area contributed by atoms with Crippen molar-refractivity contribution in [3.63, 3.8) is 0 Å². The average Bonchev–Trinajstić information content (AvgIpc) is 2.21. The van der Waals surface area contributed by atoms with Gasteiger partial charge >= 0.3 is 29.6 Å². The molecule has 0 bridgehead atoms. The Bertz CT molecular complexity index is 138. The Labute approximate surface area is 121 Å². The summed E-state index contributed by atoms with van der Waals surface area (Å²) in [4.78, 5) is 4.80. The summed E-state index contributed by atoms with van der Waals surface area (Å²) < 4.78 is 4.73. The summed E-state index contributed by atoms with van der Waals surface area (Å²) in [5.41, 5.74) is 0.344. The summed E-state index contributed by atoms with van der Waals surface area (Å²) in [6.45, 7) is 5.10. The van der Waals surface area contributed by atoms with Gasteiger partial charge in [0, 0.05) is 0 Å². The van der Waals surface area contributed by atoms with Crippen LogP contribution in [0.3, 0.4) is 0 Å². The Morgan fingerprint density at radius 2 is 1.80 bits per heavy atom. The maximum atomic E-state index is 4.80. The largest absolute Gasteiger partial charge is 1.00 e. The summed E-state index contributed by atoms with van der Waals surface area (Å²) in [6, 6.07) is 0. The van der Waals surface area contributed by atoms with Crippen LogP contribution < -0.4 is 29.6 Å². The van der Waals surface area contributed by atoms with Gasteiger partial charge in [-0.3, -0.25) is 0 Å². The minimum absolute atomic E-state index is 0. The summed E-state index contributed by atoms with van der Waals surface area (Å²) in [5.74, 6) is 0. The van der Waals surface area contributed by atoms with E-state index in [0.29, 0.717) is 14.2 Å². The third kappa shape index (κ3) is 9.48. The van der Waals surface area contributed by atoms with Gasteiger partial charge in [-0.15, -0.1) is 8.58 Å². The van der Waals surface area contributed by atoms with E-state index in [1.54, 1.807) is 0 Å². The second-order valence-electron chi connectivity index (χ2n) is 4.64. The number of hydrogen-bond donors (Lipinski definition) is 0. The zero-order valence-electron chi connectivity index (χ0n) is 11.3. The second kappa shape index (κ2) is 9.77. The smallest absolute Gasteiger partial charge is 1.00 e. The average molecular weight is 260 g/mol. The summed E-state index contributed by atoms with van der Waals surface area (Å²) in [5, 5.41) is 0. The minimum Gasteiger partial charge on any atom is -1.00 e. The predicted octanol–water partition coefficient (Wildman–Crippen LogP) is 0.533. The van der Waals surface area contributed by atoms with Crippen molar-refractivity contribution in [3.8, 4) is 0 Å². The molecule has 0 aromatic heterocycles. The number of hydrogen-bond acceptors (Lipinski definition) is 2. The van der Waals surface area contributed by atoms with Crippen molar-refractivity contribution in [2.75, 3.05) is 25.1 Å². The molecular weight excluding hydrogens is 237 g/mol. The molecule has 0 spiro atoms. The quantitative estimate of drug-likeness (QED) is 0.359. The molecule has 0 N–H and O–H groups in total. The van der Waals surface area contributed by atoms with Crippen molar-refractivity contribution in [1.29, 1.82) is 0 Å². The van der Waals surface area contributed by atoms with Gasteiger partial charge in [0.1, 0.15) is 0 Å². The van der Waals surface area contributed by atoms with E-state index in [-0.39, 0.29) is 31.0 Å². The fraction of sp³-hybridized carbons (Fsp3) is 1.00. The standard InChI is InChI=1S/C5H11O2P.C5H11P.Na.H/c1-5(2)3-6-7-8-4-5;1-2-4-6-5-3-1;;/h8H,3-4H2,1-2H3;6H,1-5H2;;/q;;+1;-1. The van der Waals surface area contributed by atoms with E-state index < -0.39 is 0 Å². The van der Waals surface area contributed by atoms with Crippen LogP contribution in [0.5, 0.6) is 0 Å². The summed E-state index contributed by atoms with van der Waals surface area (Å²) in [7, 11) is 1.83. The second-order valence-corrected chi connectivity index (χ2v) is 6.95. The third-order valence-corrected chi connectivity index (χ3v) is 5.08. The normalized spacial score (nSPS) is 26.0. The SMILES string of the molecule is C1CCPCC1.CC1(C)COOPC1.[H-].[Na+]. The van der Waals surface area contributed by atoms with Crippen LogP contribution in [0, 0.1) is 5.41 Å². The molecule has 86 valence electrons. The first-order valence-corrected chi connectivity index (χ1v) is 7.96. The van der Waals surface area contributed by atoms with E-state index in [9.17, 15) is 0 Å². The van der Waals surface area contributed by atoms with Crippen LogP contribution in [0.1, 0.15) is 34.5 Å². The molecule has 0 radical (unpaired) electrons. The van der Waals surface area contributed by atoms with Crippen molar-refractivity contribution >= 4 is 17.4 Å². The van der Waals surface area contributed by atoms with Gasteiger partial charge in [-0.1, -0.05) is 20.3 Å². The monoisotopic (exact) mass is 260 g/mol. The van der Waals surface area contributed by atoms with Crippen molar-refractivity contribution in [1.82, 2.24) is 0 Å². The summed E-state index contributed by atoms with van der Waals surface area (Å²) in [6.07, 6.45) is 8.72. The van der Waals surface area contributed by atoms with E-state index in [2.05, 4.69) is 13.8 Å². The van der Waals surface area contributed by atoms with Crippen molar-refractivity contribution in [2.24, 2.45) is 5.41 Å². The maximum Gasteiger partial charge on any atom is 1.00 e. The Hall–Kier alpha value is 1.78. The first-order chi connectivity index (χ1) is 6.71. The molecule has 0 aliphatic carbocycles. The molecular formula is C10H23NaO2P2. The Balaban J connectivity index is 0. The van der Waals surface area contributed by atoms with E-state index in [4.69, 9.17) is 9.56 Å². The topological polar surface area (TPSA) is 18.5 Å². The fourth-order valence-corrected chi connectivity index (χ4v) is 3.25. The van der Waals surface area contributed by atoms with Crippen LogP contribution in [0.4, 0.5) is 0 Å². The molecule has 0 aromatic rings. The fourth-order valence-electron chi connectivity index (χ4n) is 1.31. The zero-order valence-corrected chi connectivity index (χ0v) is 14.3. The van der Waals surface area contributed by atoms with Crippen LogP contribution in [-0.2, 0) is 9.56 Å². The van der Waals surface area contributed by atoms with Gasteiger partial charge in [0.15, 0.2) is 0 Å². The predicted molar refractivity (Wildman–Crippen MR) is 67.0 cm³/mol. The molecule has 0 aromatic carbocycles. The van der Waals surface area contributed by atoms with Gasteiger partial charge in [0.25, 0.3) is 0 Å². The Morgan fingerprint density at radius 1 is 1.13 bits per heavy atom. The molecule has 2 aliphatic heterocycles. The number of rotatable bonds is 0. The molecule has 0 saturated carbocycles. The minimum atomic E-state index is 0. The molecule has 1 unspecified atom stereocenters. The molecule has 2 nitrogen and oxygen atoms in total. The first-order valence-electron chi connectivity index (χ1n) is 5.43. The summed E-state index contributed by atoms with van der Waals surface area (Å²) >= 11 is 0. The van der Waals surface area contributed by atoms with Gasteiger partial charge in [0.05, 0.1) is 15.4 Å². The third-order valence-electron chi connectivity index (χ3n) is 2.33. The van der Waals surface area contributed by atoms with Gasteiger partial charge in [-0.2, -0.15) is 0 Å². The van der Waals surface area contributed by atoms with Crippen LogP contribution in [0.2, 0.25) is 0 Å². The van der Waals surface area contributed by atoms with Crippen LogP contribution in [0.25, 0.3) is 0 Å². The van der Waals surface area contributed by atoms with Gasteiger partial charge in [0.2, 0.25) is 0 Å². The van der Waals surface area contributed by atoms with Gasteiger partial charge in [-0.05, 0) is 36.7 Å². The Kier molecular flexibility index (Phi) is 10.9. The van der Waals surface area contributed by atoms with Gasteiger partial charge < -0.3 is 1.43 Å². The van der Waals surface area contributed by atoms with Crippen LogP contribution in [0.15, 0.2) is 0 Å². The first kappa shape index (κ1) is 16.8. The van der Waals surface area contributed by atoms with Crippen molar-refractivity contribution < 1.29 is 40.5 Å². The Morgan fingerprint density at radius 3 is 2.00 bits per heavy atom. The van der Waals surface area contributed by atoms with Gasteiger partial charge in [-0.25, -0.2) is 9.56 Å². The van der Waals surface area contributed by atoms with Crippen molar-refractivity contribution in [2.45, 2.75) is 33.1 Å². The van der Waals surface area contributed by atoms with E-state index in [1.807, 2.05) is 0 Å². The molecule has 2 rings (SSSR count). The van der Waals surface area contributed by atoms with Crippen molar-refractivity contribution in [3.05, 3.63) is 0 Å². The molecule has 1 atom stereocenters. The molecule has 0 amide bonds. The molecule has 5 heteroatoms. The van der Waals surface area contributed by atoms with Crippen LogP contribution >= 0.6 is 17.4 Å². The van der Waals surface area contributed by atoms with Crippen LogP contribution in [-0.4, -0.2) is 25.1 Å². The van der Waals surface area contributed by atoms with E-state index in [1.165, 1.54) is 40.2 Å². The molecule has 2 saturated heterocycles. The molecule has 2 aliphatic rings. The maximum absolute atomic E-state index is 4.80. The molecule has 2 heterocycles. The zero-order chi connectivity index (χ0) is 10.3. The van der Waals surface area contributed by atoms with E-state index in [0.717, 1.165) is 12.8 Å². The van der Waals surface area contributed by atoms with E-state index >= 15 is 0 Å².